The van der Waals surface area contributed by atoms with E-state index < -0.39 is 0 Å². The number of para-hydroxylation sites is 1. The molecule has 22 heavy (non-hydrogen) atoms. The number of anilines is 1. The van der Waals surface area contributed by atoms with Crippen LogP contribution in [0.15, 0.2) is 52.3 Å². The minimum Gasteiger partial charge on any atom is -0.440 e. The van der Waals surface area contributed by atoms with Crippen molar-refractivity contribution in [2.75, 3.05) is 11.9 Å². The van der Waals surface area contributed by atoms with Crippen LogP contribution in [0.3, 0.4) is 0 Å². The number of benzene rings is 1. The molecule has 2 aromatic heterocycles. The van der Waals surface area contributed by atoms with Crippen LogP contribution in [-0.4, -0.2) is 17.9 Å². The van der Waals surface area contributed by atoms with Crippen molar-refractivity contribution in [2.45, 2.75) is 13.3 Å². The van der Waals surface area contributed by atoms with E-state index in [1.807, 2.05) is 54.8 Å². The maximum absolute atomic E-state index is 12.4. The largest absolute Gasteiger partial charge is 0.440 e. The normalized spacial score (nSPS) is 10.6. The number of likely N-dealkylation sites (N-methyl/N-ethyl adjacent to an activating group) is 1. The highest BCUT2D eigenvalue weighted by atomic mass is 32.1. The smallest absolute Gasteiger partial charge is 0.236 e. The summed E-state index contributed by atoms with van der Waals surface area (Å²) >= 11 is 1.57. The molecule has 0 unspecified atom stereocenters. The number of aryl methyl sites for hydroxylation is 1. The van der Waals surface area contributed by atoms with E-state index in [4.69, 9.17) is 4.42 Å². The van der Waals surface area contributed by atoms with E-state index >= 15 is 0 Å². The molecule has 0 atom stereocenters. The molecule has 0 saturated carbocycles. The standard InChI is InChI=1S/C17H16N2O2S/c1-12-14(18-17(21-12)15-9-6-10-22-15)11-16(20)19(2)13-7-4-3-5-8-13/h3-10H,11H2,1-2H3. The van der Waals surface area contributed by atoms with E-state index in [1.165, 1.54) is 0 Å². The number of hydrogen-bond acceptors (Lipinski definition) is 4. The van der Waals surface area contributed by atoms with Crippen LogP contribution < -0.4 is 4.90 Å². The molecule has 0 N–H and O–H groups in total. The van der Waals surface area contributed by atoms with Crippen LogP contribution in [0.4, 0.5) is 5.69 Å². The fraction of sp³-hybridized carbons (Fsp3) is 0.176. The summed E-state index contributed by atoms with van der Waals surface area (Å²) in [6.07, 6.45) is 0.228. The zero-order valence-corrected chi connectivity index (χ0v) is 13.3. The lowest BCUT2D eigenvalue weighted by Gasteiger charge is -2.16. The minimum atomic E-state index is -0.0136. The first-order valence-corrected chi connectivity index (χ1v) is 7.85. The van der Waals surface area contributed by atoms with Crippen molar-refractivity contribution in [2.24, 2.45) is 0 Å². The van der Waals surface area contributed by atoms with Crippen LogP contribution >= 0.6 is 11.3 Å². The summed E-state index contributed by atoms with van der Waals surface area (Å²) in [5.41, 5.74) is 1.56. The molecule has 0 aliphatic carbocycles. The average Bonchev–Trinajstić information content (AvgIpc) is 3.18. The van der Waals surface area contributed by atoms with E-state index in [9.17, 15) is 4.79 Å². The van der Waals surface area contributed by atoms with Crippen molar-refractivity contribution < 1.29 is 9.21 Å². The van der Waals surface area contributed by atoms with Crippen LogP contribution in [0.25, 0.3) is 10.8 Å². The van der Waals surface area contributed by atoms with Crippen LogP contribution in [0.1, 0.15) is 11.5 Å². The second-order valence-corrected chi connectivity index (χ2v) is 5.91. The quantitative estimate of drug-likeness (QED) is 0.733. The first-order chi connectivity index (χ1) is 10.6. The summed E-state index contributed by atoms with van der Waals surface area (Å²) in [4.78, 5) is 19.5. The number of aromatic nitrogens is 1. The molecular weight excluding hydrogens is 296 g/mol. The van der Waals surface area contributed by atoms with Gasteiger partial charge in [0.15, 0.2) is 0 Å². The number of rotatable bonds is 4. The third-order valence-electron chi connectivity index (χ3n) is 3.46. The molecule has 0 aliphatic heterocycles. The van der Waals surface area contributed by atoms with Gasteiger partial charge >= 0.3 is 0 Å². The number of amides is 1. The minimum absolute atomic E-state index is 0.0136. The summed E-state index contributed by atoms with van der Waals surface area (Å²) in [7, 11) is 1.77. The van der Waals surface area contributed by atoms with E-state index in [-0.39, 0.29) is 12.3 Å². The monoisotopic (exact) mass is 312 g/mol. The van der Waals surface area contributed by atoms with Gasteiger partial charge in [-0.15, -0.1) is 11.3 Å². The van der Waals surface area contributed by atoms with Crippen molar-refractivity contribution in [1.29, 1.82) is 0 Å². The van der Waals surface area contributed by atoms with Gasteiger partial charge in [-0.05, 0) is 30.5 Å². The number of oxazole rings is 1. The number of carbonyl (C=O) groups is 1. The molecular formula is C17H16N2O2S. The third kappa shape index (κ3) is 2.94. The van der Waals surface area contributed by atoms with Crippen LogP contribution in [0.2, 0.25) is 0 Å². The van der Waals surface area contributed by atoms with Gasteiger partial charge in [-0.3, -0.25) is 4.79 Å². The Kier molecular flexibility index (Phi) is 4.06. The maximum Gasteiger partial charge on any atom is 0.236 e. The highest BCUT2D eigenvalue weighted by Gasteiger charge is 2.18. The Labute approximate surface area is 133 Å². The number of carbonyl (C=O) groups excluding carboxylic acids is 1. The molecule has 3 rings (SSSR count). The van der Waals surface area contributed by atoms with E-state index in [2.05, 4.69) is 4.98 Å². The molecule has 4 nitrogen and oxygen atoms in total. The van der Waals surface area contributed by atoms with Gasteiger partial charge in [-0.2, -0.15) is 0 Å². The molecule has 0 fully saturated rings. The highest BCUT2D eigenvalue weighted by molar-refractivity contribution is 7.13. The predicted molar refractivity (Wildman–Crippen MR) is 88.1 cm³/mol. The second kappa shape index (κ2) is 6.15. The van der Waals surface area contributed by atoms with Gasteiger partial charge in [0.05, 0.1) is 17.0 Å². The Hall–Kier alpha value is -2.40. The summed E-state index contributed by atoms with van der Waals surface area (Å²) in [6, 6.07) is 13.5. The number of thiophene rings is 1. The Bertz CT molecular complexity index is 763. The van der Waals surface area contributed by atoms with E-state index in [1.54, 1.807) is 23.3 Å². The van der Waals surface area contributed by atoms with Gasteiger partial charge in [0.1, 0.15) is 5.76 Å². The first kappa shape index (κ1) is 14.5. The topological polar surface area (TPSA) is 46.3 Å². The molecule has 2 heterocycles. The summed E-state index contributed by atoms with van der Waals surface area (Å²) in [6.45, 7) is 1.84. The van der Waals surface area contributed by atoms with Crippen LogP contribution in [0, 0.1) is 6.92 Å². The number of hydrogen-bond donors (Lipinski definition) is 0. The molecule has 0 radical (unpaired) electrons. The van der Waals surface area contributed by atoms with Gasteiger partial charge in [-0.25, -0.2) is 4.98 Å². The fourth-order valence-electron chi connectivity index (χ4n) is 2.16. The van der Waals surface area contributed by atoms with Crippen molar-refractivity contribution in [3.63, 3.8) is 0 Å². The summed E-state index contributed by atoms with van der Waals surface area (Å²) < 4.78 is 5.67. The number of nitrogens with zero attached hydrogens (tertiary/aromatic N) is 2. The van der Waals surface area contributed by atoms with E-state index in [0.717, 1.165) is 10.6 Å². The lowest BCUT2D eigenvalue weighted by molar-refractivity contribution is -0.117. The Morgan fingerprint density at radius 3 is 2.68 bits per heavy atom. The average molecular weight is 312 g/mol. The van der Waals surface area contributed by atoms with Gasteiger partial charge in [0, 0.05) is 12.7 Å². The summed E-state index contributed by atoms with van der Waals surface area (Å²) in [5.74, 6) is 1.26. The molecule has 0 aliphatic rings. The van der Waals surface area contributed by atoms with Crippen LogP contribution in [-0.2, 0) is 11.2 Å². The Balaban J connectivity index is 1.77. The lowest BCUT2D eigenvalue weighted by atomic mass is 10.2. The van der Waals surface area contributed by atoms with Gasteiger partial charge < -0.3 is 9.32 Å². The lowest BCUT2D eigenvalue weighted by Crippen LogP contribution is -2.28. The molecule has 0 saturated heterocycles. The van der Waals surface area contributed by atoms with Crippen LogP contribution in [0.5, 0.6) is 0 Å². The third-order valence-corrected chi connectivity index (χ3v) is 4.32. The zero-order chi connectivity index (χ0) is 15.5. The molecule has 1 aromatic carbocycles. The van der Waals surface area contributed by atoms with Gasteiger partial charge in [0.2, 0.25) is 11.8 Å². The van der Waals surface area contributed by atoms with Crippen molar-refractivity contribution >= 4 is 22.9 Å². The van der Waals surface area contributed by atoms with E-state index in [0.29, 0.717) is 17.3 Å². The molecule has 1 amide bonds. The van der Waals surface area contributed by atoms with Gasteiger partial charge in [-0.1, -0.05) is 24.3 Å². The SMILES string of the molecule is Cc1oc(-c2cccs2)nc1CC(=O)N(C)c1ccccc1. The summed E-state index contributed by atoms with van der Waals surface area (Å²) in [5, 5.41) is 1.98. The fourth-order valence-corrected chi connectivity index (χ4v) is 2.80. The van der Waals surface area contributed by atoms with Crippen molar-refractivity contribution in [3.05, 3.63) is 59.3 Å². The first-order valence-electron chi connectivity index (χ1n) is 6.97. The van der Waals surface area contributed by atoms with Crippen molar-refractivity contribution in [1.82, 2.24) is 4.98 Å². The molecule has 5 heteroatoms. The molecule has 112 valence electrons. The Morgan fingerprint density at radius 1 is 1.23 bits per heavy atom. The highest BCUT2D eigenvalue weighted by Crippen LogP contribution is 2.26. The predicted octanol–water partition coefficient (Wildman–Crippen LogP) is 3.92. The molecule has 0 bridgehead atoms. The molecule has 3 aromatic rings. The maximum atomic E-state index is 12.4. The molecule has 0 spiro atoms. The van der Waals surface area contributed by atoms with Crippen molar-refractivity contribution in [3.8, 4) is 10.8 Å². The second-order valence-electron chi connectivity index (χ2n) is 4.96. The Morgan fingerprint density at radius 2 is 2.00 bits per heavy atom. The zero-order valence-electron chi connectivity index (χ0n) is 12.4. The van der Waals surface area contributed by atoms with Gasteiger partial charge in [0.25, 0.3) is 0 Å².